The molecule has 2 rings (SSSR count). The fourth-order valence-electron chi connectivity index (χ4n) is 2.03. The van der Waals surface area contributed by atoms with Crippen LogP contribution < -0.4 is 0 Å². The van der Waals surface area contributed by atoms with Gasteiger partial charge in [-0.15, -0.1) is 0 Å². The Labute approximate surface area is 130 Å². The summed E-state index contributed by atoms with van der Waals surface area (Å²) in [7, 11) is 0. The van der Waals surface area contributed by atoms with Gasteiger partial charge in [0.2, 0.25) is 0 Å². The highest BCUT2D eigenvalue weighted by atomic mass is 16.6. The number of carbonyl (C=O) groups is 1. The first-order valence-electron chi connectivity index (χ1n) is 7.35. The van der Waals surface area contributed by atoms with Gasteiger partial charge in [-0.3, -0.25) is 0 Å². The van der Waals surface area contributed by atoms with Gasteiger partial charge in [0.1, 0.15) is 5.60 Å². The van der Waals surface area contributed by atoms with Crippen molar-refractivity contribution in [1.82, 2.24) is 4.98 Å². The van der Waals surface area contributed by atoms with Gasteiger partial charge < -0.3 is 14.8 Å². The minimum absolute atomic E-state index is 0.147. The Morgan fingerprint density at radius 3 is 2.82 bits per heavy atom. The van der Waals surface area contributed by atoms with E-state index in [1.807, 2.05) is 39.0 Å². The third-order valence-corrected chi connectivity index (χ3v) is 2.99. The van der Waals surface area contributed by atoms with Crippen LogP contribution in [0.2, 0.25) is 0 Å². The van der Waals surface area contributed by atoms with Gasteiger partial charge in [0.15, 0.2) is 0 Å². The third-order valence-electron chi connectivity index (χ3n) is 2.99. The summed E-state index contributed by atoms with van der Waals surface area (Å²) in [5.74, 6) is 5.72. The monoisotopic (exact) mass is 299 g/mol. The number of benzene rings is 1. The molecule has 2 aromatic rings. The number of hydrogen-bond donors (Lipinski definition) is 2. The van der Waals surface area contributed by atoms with Gasteiger partial charge in [0.05, 0.1) is 5.56 Å². The van der Waals surface area contributed by atoms with Gasteiger partial charge in [-0.25, -0.2) is 4.79 Å². The standard InChI is InChI=1S/C18H21NO3/c1-18(2,3)22-17(21)15-12-19-16-9-8-13(11-14(15)16)7-5-4-6-10-20/h8-9,11-12,19-20H,4,6,10H2,1-3H3. The van der Waals surface area contributed by atoms with Gasteiger partial charge in [0, 0.05) is 35.7 Å². The Balaban J connectivity index is 2.28. The molecule has 0 aliphatic rings. The molecule has 116 valence electrons. The maximum Gasteiger partial charge on any atom is 0.340 e. The number of fused-ring (bicyclic) bond motifs is 1. The molecule has 0 aliphatic heterocycles. The first-order valence-corrected chi connectivity index (χ1v) is 7.35. The molecule has 0 radical (unpaired) electrons. The molecule has 1 aromatic carbocycles. The van der Waals surface area contributed by atoms with Crippen LogP contribution in [0.15, 0.2) is 24.4 Å². The van der Waals surface area contributed by atoms with Crippen LogP contribution in [0.25, 0.3) is 10.9 Å². The fraction of sp³-hybridized carbons (Fsp3) is 0.389. The Hall–Kier alpha value is -2.25. The zero-order chi connectivity index (χ0) is 16.2. The molecule has 0 amide bonds. The summed E-state index contributed by atoms with van der Waals surface area (Å²) in [5, 5.41) is 9.55. The first kappa shape index (κ1) is 16.1. The Bertz CT molecular complexity index is 726. The van der Waals surface area contributed by atoms with Crippen molar-refractivity contribution in [1.29, 1.82) is 0 Å². The predicted molar refractivity (Wildman–Crippen MR) is 86.7 cm³/mol. The van der Waals surface area contributed by atoms with E-state index in [-0.39, 0.29) is 12.6 Å². The van der Waals surface area contributed by atoms with Crippen LogP contribution in [0, 0.1) is 11.8 Å². The van der Waals surface area contributed by atoms with E-state index in [4.69, 9.17) is 9.84 Å². The molecular formula is C18H21NO3. The second kappa shape index (κ2) is 6.67. The van der Waals surface area contributed by atoms with E-state index in [0.717, 1.165) is 16.5 Å². The van der Waals surface area contributed by atoms with Crippen molar-refractivity contribution in [3.05, 3.63) is 35.5 Å². The topological polar surface area (TPSA) is 62.3 Å². The van der Waals surface area contributed by atoms with E-state index in [9.17, 15) is 4.79 Å². The van der Waals surface area contributed by atoms with E-state index in [1.54, 1.807) is 6.20 Å². The number of aliphatic hydroxyl groups excluding tert-OH is 1. The van der Waals surface area contributed by atoms with E-state index in [0.29, 0.717) is 18.4 Å². The van der Waals surface area contributed by atoms with Crippen LogP contribution in [0.3, 0.4) is 0 Å². The number of esters is 1. The van der Waals surface area contributed by atoms with Gasteiger partial charge in [-0.05, 0) is 45.4 Å². The number of nitrogens with one attached hydrogen (secondary N) is 1. The normalized spacial score (nSPS) is 11.1. The highest BCUT2D eigenvalue weighted by molar-refractivity contribution is 6.04. The van der Waals surface area contributed by atoms with Gasteiger partial charge in [0.25, 0.3) is 0 Å². The number of aliphatic hydroxyl groups is 1. The quantitative estimate of drug-likeness (QED) is 0.519. The highest BCUT2D eigenvalue weighted by Crippen LogP contribution is 2.22. The van der Waals surface area contributed by atoms with E-state index in [2.05, 4.69) is 16.8 Å². The van der Waals surface area contributed by atoms with Crippen molar-refractivity contribution in [2.75, 3.05) is 6.61 Å². The molecule has 2 N–H and O–H groups in total. The molecule has 0 aliphatic carbocycles. The Morgan fingerprint density at radius 2 is 2.14 bits per heavy atom. The number of aromatic nitrogens is 1. The average molecular weight is 299 g/mol. The number of hydrogen-bond acceptors (Lipinski definition) is 3. The number of H-pyrrole nitrogens is 1. The van der Waals surface area contributed by atoms with E-state index in [1.165, 1.54) is 0 Å². The second-order valence-corrected chi connectivity index (χ2v) is 6.09. The maximum atomic E-state index is 12.2. The average Bonchev–Trinajstić information content (AvgIpc) is 2.85. The number of ether oxygens (including phenoxy) is 1. The molecule has 4 nitrogen and oxygen atoms in total. The summed E-state index contributed by atoms with van der Waals surface area (Å²) >= 11 is 0. The first-order chi connectivity index (χ1) is 10.4. The van der Waals surface area contributed by atoms with Crippen molar-refractivity contribution in [2.45, 2.75) is 39.2 Å². The van der Waals surface area contributed by atoms with Crippen LogP contribution in [0.4, 0.5) is 0 Å². The summed E-state index contributed by atoms with van der Waals surface area (Å²) in [6.45, 7) is 5.68. The zero-order valence-corrected chi connectivity index (χ0v) is 13.2. The van der Waals surface area contributed by atoms with Crippen LogP contribution in [-0.2, 0) is 4.74 Å². The Morgan fingerprint density at radius 1 is 1.36 bits per heavy atom. The molecule has 0 spiro atoms. The molecule has 1 aromatic heterocycles. The van der Waals surface area contributed by atoms with Crippen LogP contribution in [0.1, 0.15) is 49.5 Å². The molecule has 22 heavy (non-hydrogen) atoms. The molecule has 0 saturated carbocycles. The van der Waals surface area contributed by atoms with Gasteiger partial charge in [-0.1, -0.05) is 11.8 Å². The smallest absolute Gasteiger partial charge is 0.340 e. The van der Waals surface area contributed by atoms with Crippen molar-refractivity contribution in [3.8, 4) is 11.8 Å². The summed E-state index contributed by atoms with van der Waals surface area (Å²) < 4.78 is 5.42. The van der Waals surface area contributed by atoms with Gasteiger partial charge >= 0.3 is 5.97 Å². The van der Waals surface area contributed by atoms with E-state index < -0.39 is 5.60 Å². The summed E-state index contributed by atoms with van der Waals surface area (Å²) in [5.41, 5.74) is 1.71. The summed E-state index contributed by atoms with van der Waals surface area (Å²) in [4.78, 5) is 15.3. The maximum absolute atomic E-state index is 12.2. The minimum atomic E-state index is -0.525. The van der Waals surface area contributed by atoms with Crippen LogP contribution in [-0.4, -0.2) is 28.3 Å². The summed E-state index contributed by atoms with van der Waals surface area (Å²) in [6.07, 6.45) is 2.99. The number of unbranched alkanes of at least 4 members (excludes halogenated alkanes) is 1. The lowest BCUT2D eigenvalue weighted by atomic mass is 10.1. The largest absolute Gasteiger partial charge is 0.456 e. The number of aromatic amines is 1. The van der Waals surface area contributed by atoms with Crippen LogP contribution >= 0.6 is 0 Å². The predicted octanol–water partition coefficient (Wildman–Crippen LogP) is 3.25. The third kappa shape index (κ3) is 4.12. The molecule has 4 heteroatoms. The lowest BCUT2D eigenvalue weighted by molar-refractivity contribution is 0.00719. The molecular weight excluding hydrogens is 278 g/mol. The minimum Gasteiger partial charge on any atom is -0.456 e. The molecule has 1 heterocycles. The lowest BCUT2D eigenvalue weighted by Gasteiger charge is -2.19. The molecule has 0 atom stereocenters. The molecule has 0 unspecified atom stereocenters. The summed E-state index contributed by atoms with van der Waals surface area (Å²) in [6, 6.07) is 5.69. The molecule has 0 saturated heterocycles. The molecule has 0 fully saturated rings. The second-order valence-electron chi connectivity index (χ2n) is 6.09. The van der Waals surface area contributed by atoms with Crippen molar-refractivity contribution in [2.24, 2.45) is 0 Å². The Kier molecular flexibility index (Phi) is 4.89. The van der Waals surface area contributed by atoms with Crippen molar-refractivity contribution >= 4 is 16.9 Å². The fourth-order valence-corrected chi connectivity index (χ4v) is 2.03. The van der Waals surface area contributed by atoms with Crippen molar-refractivity contribution < 1.29 is 14.6 Å². The lowest BCUT2D eigenvalue weighted by Crippen LogP contribution is -2.23. The van der Waals surface area contributed by atoms with Crippen LogP contribution in [0.5, 0.6) is 0 Å². The zero-order valence-electron chi connectivity index (χ0n) is 13.2. The molecule has 0 bridgehead atoms. The van der Waals surface area contributed by atoms with Gasteiger partial charge in [-0.2, -0.15) is 0 Å². The SMILES string of the molecule is CC(C)(C)OC(=O)c1c[nH]c2ccc(C#CCCCO)cc12. The number of carbonyl (C=O) groups excluding carboxylic acids is 1. The highest BCUT2D eigenvalue weighted by Gasteiger charge is 2.20. The van der Waals surface area contributed by atoms with Crippen molar-refractivity contribution in [3.63, 3.8) is 0 Å². The van der Waals surface area contributed by atoms with E-state index >= 15 is 0 Å². The number of rotatable bonds is 3.